The van der Waals surface area contributed by atoms with E-state index in [-0.39, 0.29) is 29.3 Å². The van der Waals surface area contributed by atoms with Gasteiger partial charge in [0.05, 0.1) is 11.3 Å². The minimum absolute atomic E-state index is 0.141. The molecule has 0 spiro atoms. The van der Waals surface area contributed by atoms with E-state index in [1.165, 1.54) is 12.1 Å². The smallest absolute Gasteiger partial charge is 0.337 e. The van der Waals surface area contributed by atoms with Crippen LogP contribution in [0.15, 0.2) is 18.2 Å². The fourth-order valence-corrected chi connectivity index (χ4v) is 2.77. The predicted octanol–water partition coefficient (Wildman–Crippen LogP) is 2.08. The molecule has 1 aliphatic rings. The normalized spacial score (nSPS) is 17.2. The molecule has 1 fully saturated rings. The molecule has 1 aromatic rings. The van der Waals surface area contributed by atoms with Gasteiger partial charge in [-0.25, -0.2) is 4.79 Å². The lowest BCUT2D eigenvalue weighted by atomic mass is 9.80. The van der Waals surface area contributed by atoms with Crippen LogP contribution < -0.4 is 11.1 Å². The van der Waals surface area contributed by atoms with Crippen LogP contribution in [0.3, 0.4) is 0 Å². The van der Waals surface area contributed by atoms with Gasteiger partial charge in [0.2, 0.25) is 5.91 Å². The molecule has 5 N–H and O–H groups in total. The van der Waals surface area contributed by atoms with E-state index in [0.717, 1.165) is 38.2 Å². The summed E-state index contributed by atoms with van der Waals surface area (Å²) in [5, 5.41) is 21.0. The molecular formula is C15H20N2O4. The fraction of sp³-hybridized carbons (Fsp3) is 0.467. The van der Waals surface area contributed by atoms with Crippen LogP contribution in [0.4, 0.5) is 5.69 Å². The number of phenolic OH excluding ortho intramolecular Hbond substituents is 1. The molecule has 0 aliphatic heterocycles. The second-order valence-electron chi connectivity index (χ2n) is 5.68. The summed E-state index contributed by atoms with van der Waals surface area (Å²) in [6.07, 6.45) is 4.96. The van der Waals surface area contributed by atoms with Crippen LogP contribution in [-0.2, 0) is 4.79 Å². The first-order valence-corrected chi connectivity index (χ1v) is 7.05. The highest BCUT2D eigenvalue weighted by Gasteiger charge is 2.30. The summed E-state index contributed by atoms with van der Waals surface area (Å²) in [6, 6.07) is 3.82. The molecule has 21 heavy (non-hydrogen) atoms. The lowest BCUT2D eigenvalue weighted by Crippen LogP contribution is -2.44. The Balaban J connectivity index is 2.07. The van der Waals surface area contributed by atoms with Gasteiger partial charge in [0.25, 0.3) is 0 Å². The highest BCUT2D eigenvalue weighted by atomic mass is 16.4. The Hall–Kier alpha value is -2.08. The van der Waals surface area contributed by atoms with Crippen molar-refractivity contribution < 1.29 is 19.8 Å². The molecule has 1 aromatic carbocycles. The number of hydrogen-bond donors (Lipinski definition) is 4. The van der Waals surface area contributed by atoms with E-state index in [2.05, 4.69) is 5.32 Å². The number of amides is 1. The average molecular weight is 292 g/mol. The highest BCUT2D eigenvalue weighted by Crippen LogP contribution is 2.29. The number of rotatable bonds is 4. The maximum Gasteiger partial charge on any atom is 0.337 e. The number of anilines is 1. The quantitative estimate of drug-likeness (QED) is 0.635. The second kappa shape index (κ2) is 6.13. The Morgan fingerprint density at radius 1 is 1.24 bits per heavy atom. The minimum Gasteiger partial charge on any atom is -0.508 e. The molecule has 0 atom stereocenters. The number of nitrogens with two attached hydrogens (primary N) is 1. The standard InChI is InChI=1S/C15H20N2O4/c16-15(6-2-1-3-7-15)9-13(19)17-12-5-4-10(18)8-11(12)14(20)21/h4-5,8,18H,1-3,6-7,9,16H2,(H,17,19)(H,20,21). The van der Waals surface area contributed by atoms with Gasteiger partial charge in [0, 0.05) is 12.0 Å². The van der Waals surface area contributed by atoms with Crippen molar-refractivity contribution in [3.63, 3.8) is 0 Å². The van der Waals surface area contributed by atoms with Gasteiger partial charge in [-0.3, -0.25) is 4.79 Å². The lowest BCUT2D eigenvalue weighted by Gasteiger charge is -2.32. The molecule has 0 bridgehead atoms. The number of phenols is 1. The van der Waals surface area contributed by atoms with Crippen molar-refractivity contribution in [2.24, 2.45) is 5.73 Å². The number of hydrogen-bond acceptors (Lipinski definition) is 4. The van der Waals surface area contributed by atoms with Gasteiger partial charge in [-0.15, -0.1) is 0 Å². The number of nitrogens with one attached hydrogen (secondary N) is 1. The van der Waals surface area contributed by atoms with Gasteiger partial charge in [-0.05, 0) is 31.0 Å². The highest BCUT2D eigenvalue weighted by molar-refractivity contribution is 6.01. The third-order valence-corrected chi connectivity index (χ3v) is 3.87. The second-order valence-corrected chi connectivity index (χ2v) is 5.68. The molecule has 6 heteroatoms. The molecule has 0 radical (unpaired) electrons. The number of benzene rings is 1. The molecule has 1 saturated carbocycles. The average Bonchev–Trinajstić information content (AvgIpc) is 2.40. The molecule has 6 nitrogen and oxygen atoms in total. The summed E-state index contributed by atoms with van der Waals surface area (Å²) >= 11 is 0. The van der Waals surface area contributed by atoms with Crippen LogP contribution in [0.2, 0.25) is 0 Å². The number of carbonyl (C=O) groups is 2. The lowest BCUT2D eigenvalue weighted by molar-refractivity contribution is -0.117. The van der Waals surface area contributed by atoms with Crippen molar-refractivity contribution in [1.82, 2.24) is 0 Å². The van der Waals surface area contributed by atoms with Crippen LogP contribution in [-0.4, -0.2) is 27.6 Å². The predicted molar refractivity (Wildman–Crippen MR) is 78.3 cm³/mol. The monoisotopic (exact) mass is 292 g/mol. The Morgan fingerprint density at radius 2 is 1.90 bits per heavy atom. The Bertz CT molecular complexity index is 551. The van der Waals surface area contributed by atoms with E-state index in [4.69, 9.17) is 10.8 Å². The molecule has 0 heterocycles. The van der Waals surface area contributed by atoms with Crippen LogP contribution in [0, 0.1) is 0 Å². The summed E-state index contributed by atoms with van der Waals surface area (Å²) in [4.78, 5) is 23.2. The first kappa shape index (κ1) is 15.3. The number of aromatic carboxylic acids is 1. The molecule has 114 valence electrons. The topological polar surface area (TPSA) is 113 Å². The number of carboxylic acids is 1. The van der Waals surface area contributed by atoms with Gasteiger partial charge in [0.1, 0.15) is 5.75 Å². The van der Waals surface area contributed by atoms with Crippen LogP contribution in [0.5, 0.6) is 5.75 Å². The summed E-state index contributed by atoms with van der Waals surface area (Å²) in [6.45, 7) is 0. The zero-order valence-corrected chi connectivity index (χ0v) is 11.8. The minimum atomic E-state index is -1.21. The van der Waals surface area contributed by atoms with E-state index in [0.29, 0.717) is 0 Å². The third kappa shape index (κ3) is 3.95. The number of carbonyl (C=O) groups excluding carboxylic acids is 1. The van der Waals surface area contributed by atoms with E-state index >= 15 is 0 Å². The summed E-state index contributed by atoms with van der Waals surface area (Å²) in [5.41, 5.74) is 5.75. The molecule has 1 aliphatic carbocycles. The van der Waals surface area contributed by atoms with E-state index < -0.39 is 11.5 Å². The Labute approximate surface area is 123 Å². The van der Waals surface area contributed by atoms with Crippen molar-refractivity contribution >= 4 is 17.6 Å². The molecule has 1 amide bonds. The van der Waals surface area contributed by atoms with Crippen LogP contribution in [0.25, 0.3) is 0 Å². The maximum atomic E-state index is 12.1. The van der Waals surface area contributed by atoms with E-state index in [1.54, 1.807) is 0 Å². The molecule has 0 saturated heterocycles. The molecule has 2 rings (SSSR count). The van der Waals surface area contributed by atoms with Crippen LogP contribution in [0.1, 0.15) is 48.9 Å². The van der Waals surface area contributed by atoms with Gasteiger partial charge in [-0.1, -0.05) is 19.3 Å². The van der Waals surface area contributed by atoms with Gasteiger partial charge >= 0.3 is 5.97 Å². The molecule has 0 unspecified atom stereocenters. The van der Waals surface area contributed by atoms with Gasteiger partial charge in [0.15, 0.2) is 0 Å². The van der Waals surface area contributed by atoms with Crippen molar-refractivity contribution in [2.75, 3.05) is 5.32 Å². The van der Waals surface area contributed by atoms with Crippen molar-refractivity contribution in [3.05, 3.63) is 23.8 Å². The molecular weight excluding hydrogens is 272 g/mol. The summed E-state index contributed by atoms with van der Waals surface area (Å²) in [5.74, 6) is -1.66. The maximum absolute atomic E-state index is 12.1. The Kier molecular flexibility index (Phi) is 4.47. The third-order valence-electron chi connectivity index (χ3n) is 3.87. The number of carboxylic acid groups (broad SMARTS) is 1. The fourth-order valence-electron chi connectivity index (χ4n) is 2.77. The van der Waals surface area contributed by atoms with Crippen LogP contribution >= 0.6 is 0 Å². The molecule has 0 aromatic heterocycles. The summed E-state index contributed by atoms with van der Waals surface area (Å²) < 4.78 is 0. The zero-order valence-electron chi connectivity index (χ0n) is 11.8. The van der Waals surface area contributed by atoms with E-state index in [9.17, 15) is 14.7 Å². The summed E-state index contributed by atoms with van der Waals surface area (Å²) in [7, 11) is 0. The van der Waals surface area contributed by atoms with Gasteiger partial charge in [-0.2, -0.15) is 0 Å². The first-order chi connectivity index (χ1) is 9.89. The van der Waals surface area contributed by atoms with E-state index in [1.807, 2.05) is 0 Å². The zero-order chi connectivity index (χ0) is 15.5. The van der Waals surface area contributed by atoms with Crippen molar-refractivity contribution in [2.45, 2.75) is 44.1 Å². The SMILES string of the molecule is NC1(CC(=O)Nc2ccc(O)cc2C(=O)O)CCCCC1. The number of aromatic hydroxyl groups is 1. The first-order valence-electron chi connectivity index (χ1n) is 7.05. The van der Waals surface area contributed by atoms with Crippen molar-refractivity contribution in [3.8, 4) is 5.75 Å². The van der Waals surface area contributed by atoms with Gasteiger partial charge < -0.3 is 21.3 Å². The van der Waals surface area contributed by atoms with Crippen molar-refractivity contribution in [1.29, 1.82) is 0 Å². The largest absolute Gasteiger partial charge is 0.508 e. The Morgan fingerprint density at radius 3 is 2.52 bits per heavy atom.